The first-order valence-corrected chi connectivity index (χ1v) is 9.52. The van der Waals surface area contributed by atoms with Gasteiger partial charge >= 0.3 is 17.6 Å². The second-order valence-corrected chi connectivity index (χ2v) is 7.35. The molecule has 0 spiro atoms. The van der Waals surface area contributed by atoms with Gasteiger partial charge in [0, 0.05) is 48.1 Å². The fraction of sp³-hybridized carbons (Fsp3) is 0.211. The van der Waals surface area contributed by atoms with E-state index < -0.39 is 17.6 Å². The smallest absolute Gasteiger partial charge is 0.408 e. The van der Waals surface area contributed by atoms with Gasteiger partial charge in [-0.2, -0.15) is 0 Å². The molecule has 0 atom stereocenters. The summed E-state index contributed by atoms with van der Waals surface area (Å²) in [5, 5.41) is 2.56. The number of carbonyl (C=O) groups is 2. The number of hydrogen-bond donors (Lipinski definition) is 2. The van der Waals surface area contributed by atoms with Gasteiger partial charge in [0.25, 0.3) is 0 Å². The molecule has 9 heteroatoms. The lowest BCUT2D eigenvalue weighted by Crippen LogP contribution is -2.51. The molecule has 1 aromatic heterocycles. The summed E-state index contributed by atoms with van der Waals surface area (Å²) < 4.78 is 5.97. The zero-order valence-corrected chi connectivity index (χ0v) is 16.4. The van der Waals surface area contributed by atoms with Gasteiger partial charge in [0.05, 0.1) is 5.52 Å². The topological polar surface area (TPSA) is 98.6 Å². The lowest BCUT2D eigenvalue weighted by atomic mass is 10.2. The van der Waals surface area contributed by atoms with Crippen molar-refractivity contribution in [2.24, 2.45) is 0 Å². The molecule has 0 saturated carbocycles. The van der Waals surface area contributed by atoms with E-state index in [4.69, 9.17) is 4.42 Å². The monoisotopic (exact) mass is 444 g/mol. The summed E-state index contributed by atoms with van der Waals surface area (Å²) in [6.45, 7) is 2.24. The number of nitrogens with zero attached hydrogens (tertiary/aromatic N) is 2. The Morgan fingerprint density at radius 2 is 1.75 bits per heavy atom. The van der Waals surface area contributed by atoms with E-state index in [0.29, 0.717) is 43.0 Å². The van der Waals surface area contributed by atoms with E-state index in [9.17, 15) is 14.4 Å². The van der Waals surface area contributed by atoms with Crippen LogP contribution in [0.3, 0.4) is 0 Å². The number of H-pyrrole nitrogens is 1. The largest absolute Gasteiger partial charge is 0.417 e. The van der Waals surface area contributed by atoms with Crippen LogP contribution < -0.4 is 16.0 Å². The summed E-state index contributed by atoms with van der Waals surface area (Å²) in [5.74, 6) is -1.86. The SMILES string of the molecule is O=C(Nc1ccc2[nH]c(=O)oc2c1)C(=O)N1CCN(c2ccc(Br)cc2)CC1. The van der Waals surface area contributed by atoms with Gasteiger partial charge in [0.2, 0.25) is 0 Å². The Morgan fingerprint density at radius 3 is 2.46 bits per heavy atom. The van der Waals surface area contributed by atoms with Crippen LogP contribution in [-0.2, 0) is 9.59 Å². The molecule has 0 radical (unpaired) electrons. The molecule has 4 rings (SSSR count). The third-order valence-corrected chi connectivity index (χ3v) is 5.16. The number of aromatic nitrogens is 1. The van der Waals surface area contributed by atoms with E-state index in [2.05, 4.69) is 31.1 Å². The summed E-state index contributed by atoms with van der Waals surface area (Å²) in [6.07, 6.45) is 0. The molecular formula is C19H17BrN4O4. The number of aromatic amines is 1. The van der Waals surface area contributed by atoms with E-state index in [1.165, 1.54) is 6.07 Å². The summed E-state index contributed by atoms with van der Waals surface area (Å²) in [7, 11) is 0. The minimum absolute atomic E-state index is 0.318. The average molecular weight is 445 g/mol. The third kappa shape index (κ3) is 3.79. The number of anilines is 2. The third-order valence-electron chi connectivity index (χ3n) is 4.63. The Morgan fingerprint density at radius 1 is 1.04 bits per heavy atom. The van der Waals surface area contributed by atoms with Gasteiger partial charge in [-0.15, -0.1) is 0 Å². The fourth-order valence-electron chi connectivity index (χ4n) is 3.17. The van der Waals surface area contributed by atoms with Gasteiger partial charge in [-0.3, -0.25) is 14.6 Å². The second kappa shape index (κ2) is 7.51. The Kier molecular flexibility index (Phi) is 4.91. The predicted molar refractivity (Wildman–Crippen MR) is 108 cm³/mol. The second-order valence-electron chi connectivity index (χ2n) is 6.44. The maximum atomic E-state index is 12.5. The summed E-state index contributed by atoms with van der Waals surface area (Å²) in [6, 6.07) is 12.7. The van der Waals surface area contributed by atoms with Crippen LogP contribution in [0.15, 0.2) is 56.1 Å². The van der Waals surface area contributed by atoms with Crippen LogP contribution in [0.2, 0.25) is 0 Å². The maximum Gasteiger partial charge on any atom is 0.417 e. The highest BCUT2D eigenvalue weighted by atomic mass is 79.9. The van der Waals surface area contributed by atoms with Crippen molar-refractivity contribution in [3.05, 3.63) is 57.5 Å². The molecule has 2 N–H and O–H groups in total. The van der Waals surface area contributed by atoms with Crippen LogP contribution in [0.5, 0.6) is 0 Å². The number of rotatable bonds is 2. The lowest BCUT2D eigenvalue weighted by molar-refractivity contribution is -0.143. The molecule has 1 fully saturated rings. The van der Waals surface area contributed by atoms with Gasteiger partial charge in [-0.05, 0) is 36.4 Å². The molecule has 2 heterocycles. The highest BCUT2D eigenvalue weighted by Crippen LogP contribution is 2.20. The molecule has 0 unspecified atom stereocenters. The number of benzene rings is 2. The van der Waals surface area contributed by atoms with Crippen molar-refractivity contribution >= 4 is 50.2 Å². The van der Waals surface area contributed by atoms with Crippen molar-refractivity contribution in [3.8, 4) is 0 Å². The lowest BCUT2D eigenvalue weighted by Gasteiger charge is -2.35. The van der Waals surface area contributed by atoms with E-state index in [1.807, 2.05) is 24.3 Å². The highest BCUT2D eigenvalue weighted by Gasteiger charge is 2.26. The van der Waals surface area contributed by atoms with E-state index in [1.54, 1.807) is 17.0 Å². The van der Waals surface area contributed by atoms with Gasteiger partial charge in [-0.1, -0.05) is 15.9 Å². The Hall–Kier alpha value is -3.07. The maximum absolute atomic E-state index is 12.5. The quantitative estimate of drug-likeness (QED) is 0.590. The zero-order chi connectivity index (χ0) is 19.7. The Balaban J connectivity index is 1.36. The molecule has 1 aliphatic heterocycles. The molecule has 2 aromatic carbocycles. The average Bonchev–Trinajstić information content (AvgIpc) is 3.07. The van der Waals surface area contributed by atoms with Gasteiger partial charge in [0.15, 0.2) is 5.58 Å². The first-order chi connectivity index (χ1) is 13.5. The van der Waals surface area contributed by atoms with Crippen LogP contribution in [0.25, 0.3) is 11.1 Å². The van der Waals surface area contributed by atoms with E-state index >= 15 is 0 Å². The van der Waals surface area contributed by atoms with Crippen molar-refractivity contribution in [1.29, 1.82) is 0 Å². The standard InChI is InChI=1S/C19H17BrN4O4/c20-12-1-4-14(5-2-12)23-7-9-24(10-8-23)18(26)17(25)21-13-3-6-15-16(11-13)28-19(27)22-15/h1-6,11H,7-10H2,(H,21,25)(H,22,27). The molecule has 0 aliphatic carbocycles. The summed E-state index contributed by atoms with van der Waals surface area (Å²) >= 11 is 3.42. The van der Waals surface area contributed by atoms with Gasteiger partial charge in [0.1, 0.15) is 0 Å². The number of hydrogen-bond acceptors (Lipinski definition) is 5. The molecular weight excluding hydrogens is 428 g/mol. The highest BCUT2D eigenvalue weighted by molar-refractivity contribution is 9.10. The molecule has 3 aromatic rings. The Bertz CT molecular complexity index is 1080. The number of carbonyl (C=O) groups excluding carboxylic acids is 2. The van der Waals surface area contributed by atoms with Crippen molar-refractivity contribution < 1.29 is 14.0 Å². The number of fused-ring (bicyclic) bond motifs is 1. The first-order valence-electron chi connectivity index (χ1n) is 8.73. The van der Waals surface area contributed by atoms with Crippen LogP contribution in [-0.4, -0.2) is 47.9 Å². The minimum Gasteiger partial charge on any atom is -0.408 e. The van der Waals surface area contributed by atoms with Crippen molar-refractivity contribution in [2.45, 2.75) is 0 Å². The molecule has 2 amide bonds. The van der Waals surface area contributed by atoms with E-state index in [0.717, 1.165) is 10.2 Å². The van der Waals surface area contributed by atoms with Crippen LogP contribution in [0.1, 0.15) is 0 Å². The zero-order valence-electron chi connectivity index (χ0n) is 14.8. The van der Waals surface area contributed by atoms with Crippen LogP contribution in [0.4, 0.5) is 11.4 Å². The van der Waals surface area contributed by atoms with Crippen molar-refractivity contribution in [1.82, 2.24) is 9.88 Å². The molecule has 1 saturated heterocycles. The minimum atomic E-state index is -0.714. The molecule has 28 heavy (non-hydrogen) atoms. The van der Waals surface area contributed by atoms with Gasteiger partial charge < -0.3 is 19.5 Å². The van der Waals surface area contributed by atoms with Gasteiger partial charge in [-0.25, -0.2) is 4.79 Å². The molecule has 8 nitrogen and oxygen atoms in total. The van der Waals surface area contributed by atoms with E-state index in [-0.39, 0.29) is 0 Å². The molecule has 144 valence electrons. The van der Waals surface area contributed by atoms with Crippen LogP contribution >= 0.6 is 15.9 Å². The number of amides is 2. The number of oxazole rings is 1. The fourth-order valence-corrected chi connectivity index (χ4v) is 3.44. The summed E-state index contributed by atoms with van der Waals surface area (Å²) in [4.78, 5) is 42.2. The predicted octanol–water partition coefficient (Wildman–Crippen LogP) is 2.17. The summed E-state index contributed by atoms with van der Waals surface area (Å²) in [5.41, 5.74) is 2.32. The number of nitrogens with one attached hydrogen (secondary N) is 2. The Labute approximate surface area is 168 Å². The number of piperazine rings is 1. The first kappa shape index (κ1) is 18.3. The normalized spacial score (nSPS) is 14.3. The van der Waals surface area contributed by atoms with Crippen molar-refractivity contribution in [2.75, 3.05) is 36.4 Å². The molecule has 0 bridgehead atoms. The molecule has 1 aliphatic rings. The van der Waals surface area contributed by atoms with Crippen LogP contribution in [0, 0.1) is 0 Å². The number of halogens is 1. The van der Waals surface area contributed by atoms with Crippen molar-refractivity contribution in [3.63, 3.8) is 0 Å².